The van der Waals surface area contributed by atoms with Crippen molar-refractivity contribution in [3.63, 3.8) is 0 Å². The number of anilines is 3. The lowest BCUT2D eigenvalue weighted by molar-refractivity contribution is -0.117. The third-order valence-corrected chi connectivity index (χ3v) is 8.00. The molecule has 2 aliphatic heterocycles. The second-order valence-corrected chi connectivity index (χ2v) is 10.6. The summed E-state index contributed by atoms with van der Waals surface area (Å²) in [6.45, 7) is 1.62. The molecule has 0 fully saturated rings. The fourth-order valence-electron chi connectivity index (χ4n) is 4.25. The standard InChI is InChI=1S/C21H20ClN5O3S2.H2/c22-16-3-5-18-14(10-16)2-1-8-26(18)12-20(28)27-9-7-15-11-17(4-6-19(15)27)32(29,30)25-21-23-13-24-31-21;/h3-6,10-11,13H,1-2,7-9,12H2,(H,23,24,25);1H. The first-order chi connectivity index (χ1) is 15.4. The SMILES string of the molecule is O=C(CN1CCCc2cc(Cl)ccc21)N1CCc2cc(S(=O)(=O)Nc3ncns3)ccc21.[HH]. The number of nitrogens with one attached hydrogen (secondary N) is 1. The van der Waals surface area contributed by atoms with Crippen molar-refractivity contribution >= 4 is 55.6 Å². The molecule has 0 radical (unpaired) electrons. The van der Waals surface area contributed by atoms with Crippen molar-refractivity contribution in [3.05, 3.63) is 58.9 Å². The zero-order chi connectivity index (χ0) is 22.3. The fraction of sp³-hybridized carbons (Fsp3) is 0.286. The number of aromatic nitrogens is 2. The van der Waals surface area contributed by atoms with Crippen LogP contribution in [-0.2, 0) is 27.7 Å². The van der Waals surface area contributed by atoms with Gasteiger partial charge in [0.25, 0.3) is 10.0 Å². The quantitative estimate of drug-likeness (QED) is 0.586. The molecule has 0 spiro atoms. The van der Waals surface area contributed by atoms with Crippen molar-refractivity contribution < 1.29 is 14.6 Å². The van der Waals surface area contributed by atoms with Crippen molar-refractivity contribution in [1.29, 1.82) is 0 Å². The normalized spacial score (nSPS) is 15.4. The van der Waals surface area contributed by atoms with Gasteiger partial charge in [-0.2, -0.15) is 4.37 Å². The van der Waals surface area contributed by atoms with Crippen LogP contribution in [-0.4, -0.2) is 43.3 Å². The highest BCUT2D eigenvalue weighted by Gasteiger charge is 2.29. The van der Waals surface area contributed by atoms with E-state index in [2.05, 4.69) is 19.0 Å². The zero-order valence-electron chi connectivity index (χ0n) is 17.0. The highest BCUT2D eigenvalue weighted by Crippen LogP contribution is 2.33. The van der Waals surface area contributed by atoms with Gasteiger partial charge in [0.2, 0.25) is 11.0 Å². The summed E-state index contributed by atoms with van der Waals surface area (Å²) in [4.78, 5) is 21.0. The van der Waals surface area contributed by atoms with Crippen molar-refractivity contribution in [3.8, 4) is 0 Å². The smallest absolute Gasteiger partial charge is 0.263 e. The Morgan fingerprint density at radius 3 is 2.75 bits per heavy atom. The number of aryl methyl sites for hydroxylation is 1. The Morgan fingerprint density at radius 1 is 1.12 bits per heavy atom. The summed E-state index contributed by atoms with van der Waals surface area (Å²) in [6, 6.07) is 10.7. The second-order valence-electron chi connectivity index (χ2n) is 7.74. The molecule has 32 heavy (non-hydrogen) atoms. The van der Waals surface area contributed by atoms with E-state index in [-0.39, 0.29) is 23.9 Å². The van der Waals surface area contributed by atoms with Gasteiger partial charge in [-0.05, 0) is 66.8 Å². The number of hydrogen-bond acceptors (Lipinski definition) is 7. The minimum Gasteiger partial charge on any atom is -0.362 e. The van der Waals surface area contributed by atoms with Gasteiger partial charge < -0.3 is 9.80 Å². The van der Waals surface area contributed by atoms with Crippen LogP contribution in [0.1, 0.15) is 19.0 Å². The van der Waals surface area contributed by atoms with Gasteiger partial charge in [0.05, 0.1) is 11.4 Å². The summed E-state index contributed by atoms with van der Waals surface area (Å²) in [7, 11) is -3.77. The first-order valence-electron chi connectivity index (χ1n) is 10.2. The van der Waals surface area contributed by atoms with Gasteiger partial charge in [-0.25, -0.2) is 13.4 Å². The van der Waals surface area contributed by atoms with E-state index in [1.807, 2.05) is 18.2 Å². The van der Waals surface area contributed by atoms with Crippen LogP contribution >= 0.6 is 23.1 Å². The minimum absolute atomic E-state index is 0. The van der Waals surface area contributed by atoms with Crippen LogP contribution in [0.3, 0.4) is 0 Å². The summed E-state index contributed by atoms with van der Waals surface area (Å²) < 4.78 is 31.5. The molecular weight excluding hydrogens is 470 g/mol. The molecule has 1 aromatic heterocycles. The van der Waals surface area contributed by atoms with Crippen LogP contribution in [0, 0.1) is 0 Å². The Kier molecular flexibility index (Phi) is 5.52. The van der Waals surface area contributed by atoms with Crippen LogP contribution in [0.2, 0.25) is 5.02 Å². The highest BCUT2D eigenvalue weighted by atomic mass is 35.5. The van der Waals surface area contributed by atoms with Gasteiger partial charge in [0, 0.05) is 42.4 Å². The number of halogens is 1. The van der Waals surface area contributed by atoms with Crippen molar-refractivity contribution in [1.82, 2.24) is 9.36 Å². The van der Waals surface area contributed by atoms with Crippen molar-refractivity contribution in [2.45, 2.75) is 24.2 Å². The van der Waals surface area contributed by atoms with Gasteiger partial charge in [-0.3, -0.25) is 9.52 Å². The molecule has 1 N–H and O–H groups in total. The Morgan fingerprint density at radius 2 is 1.94 bits per heavy atom. The zero-order valence-corrected chi connectivity index (χ0v) is 19.4. The van der Waals surface area contributed by atoms with Crippen molar-refractivity contribution in [2.24, 2.45) is 0 Å². The Balaban J connectivity index is 0.00000259. The summed E-state index contributed by atoms with van der Waals surface area (Å²) in [5.74, 6) is -0.00542. The van der Waals surface area contributed by atoms with Crippen LogP contribution in [0.25, 0.3) is 0 Å². The van der Waals surface area contributed by atoms with E-state index in [0.717, 1.165) is 53.4 Å². The molecule has 3 aromatic rings. The number of fused-ring (bicyclic) bond motifs is 2. The maximum atomic E-state index is 13.2. The van der Waals surface area contributed by atoms with Crippen LogP contribution in [0.4, 0.5) is 16.5 Å². The van der Waals surface area contributed by atoms with Gasteiger partial charge in [-0.1, -0.05) is 11.6 Å². The molecule has 0 saturated carbocycles. The number of benzene rings is 2. The Labute approximate surface area is 196 Å². The largest absolute Gasteiger partial charge is 0.362 e. The van der Waals surface area contributed by atoms with Crippen LogP contribution in [0.5, 0.6) is 0 Å². The average Bonchev–Trinajstić information content (AvgIpc) is 3.42. The fourth-order valence-corrected chi connectivity index (χ4v) is 6.16. The van der Waals surface area contributed by atoms with Crippen LogP contribution < -0.4 is 14.5 Å². The number of amides is 1. The van der Waals surface area contributed by atoms with E-state index >= 15 is 0 Å². The first-order valence-corrected chi connectivity index (χ1v) is 12.8. The topological polar surface area (TPSA) is 95.5 Å². The number of carbonyl (C=O) groups is 1. The van der Waals surface area contributed by atoms with Crippen molar-refractivity contribution in [2.75, 3.05) is 34.2 Å². The summed E-state index contributed by atoms with van der Waals surface area (Å²) in [5, 5.41) is 0.919. The molecule has 8 nitrogen and oxygen atoms in total. The molecule has 0 atom stereocenters. The monoisotopic (exact) mass is 491 g/mol. The molecule has 2 aromatic carbocycles. The van der Waals surface area contributed by atoms with Gasteiger partial charge in [0.15, 0.2) is 0 Å². The number of hydrogen-bond donors (Lipinski definition) is 1. The summed E-state index contributed by atoms with van der Waals surface area (Å²) >= 11 is 7.10. The van der Waals surface area contributed by atoms with E-state index in [1.54, 1.807) is 17.0 Å². The van der Waals surface area contributed by atoms with Gasteiger partial charge >= 0.3 is 0 Å². The predicted octanol–water partition coefficient (Wildman–Crippen LogP) is 3.58. The van der Waals surface area contributed by atoms with E-state index in [0.29, 0.717) is 18.0 Å². The highest BCUT2D eigenvalue weighted by molar-refractivity contribution is 7.93. The Bertz CT molecular complexity index is 1290. The van der Waals surface area contributed by atoms with Gasteiger partial charge in [-0.15, -0.1) is 0 Å². The van der Waals surface area contributed by atoms with E-state index in [4.69, 9.17) is 11.6 Å². The van der Waals surface area contributed by atoms with E-state index in [9.17, 15) is 13.2 Å². The van der Waals surface area contributed by atoms with E-state index in [1.165, 1.54) is 12.4 Å². The lowest BCUT2D eigenvalue weighted by Gasteiger charge is -2.32. The lowest BCUT2D eigenvalue weighted by Crippen LogP contribution is -2.41. The molecule has 0 saturated heterocycles. The maximum absolute atomic E-state index is 13.2. The average molecular weight is 492 g/mol. The molecule has 0 bridgehead atoms. The minimum atomic E-state index is -3.77. The molecule has 0 unspecified atom stereocenters. The summed E-state index contributed by atoms with van der Waals surface area (Å²) in [5.41, 5.74) is 3.82. The predicted molar refractivity (Wildman–Crippen MR) is 127 cm³/mol. The number of sulfonamides is 1. The number of carbonyl (C=O) groups excluding carboxylic acids is 1. The summed E-state index contributed by atoms with van der Waals surface area (Å²) in [6.07, 6.45) is 3.83. The molecule has 2 aliphatic rings. The molecular formula is C21H22ClN5O3S2. The van der Waals surface area contributed by atoms with Crippen LogP contribution in [0.15, 0.2) is 47.6 Å². The molecule has 1 amide bonds. The third-order valence-electron chi connectivity index (χ3n) is 5.72. The molecule has 5 rings (SSSR count). The first kappa shape index (κ1) is 21.2. The maximum Gasteiger partial charge on any atom is 0.263 e. The molecule has 168 valence electrons. The van der Waals surface area contributed by atoms with E-state index < -0.39 is 10.0 Å². The Hall–Kier alpha value is -2.69. The lowest BCUT2D eigenvalue weighted by atomic mass is 10.0. The molecule has 3 heterocycles. The molecule has 0 aliphatic carbocycles. The number of nitrogens with zero attached hydrogens (tertiary/aromatic N) is 4. The third kappa shape index (κ3) is 4.05. The number of rotatable bonds is 5. The molecule has 11 heteroatoms. The van der Waals surface area contributed by atoms with Gasteiger partial charge in [0.1, 0.15) is 6.33 Å². The second kappa shape index (κ2) is 8.34.